The van der Waals surface area contributed by atoms with Crippen LogP contribution in [0.2, 0.25) is 0 Å². The summed E-state index contributed by atoms with van der Waals surface area (Å²) >= 11 is -0.340. The molecule has 0 bridgehead atoms. The fraction of sp³-hybridized carbons (Fsp3) is 0.833. The van der Waals surface area contributed by atoms with Gasteiger partial charge >= 0.3 is 11.5 Å². The Morgan fingerprint density at radius 1 is 1.58 bits per heavy atom. The quantitative estimate of drug-likeness (QED) is 0.656. The number of carbonyl (C=O) groups excluding carboxylic acids is 1. The summed E-state index contributed by atoms with van der Waals surface area (Å²) in [7, 11) is 1.07. The van der Waals surface area contributed by atoms with Crippen molar-refractivity contribution in [2.45, 2.75) is 24.1 Å². The van der Waals surface area contributed by atoms with Gasteiger partial charge in [-0.1, -0.05) is 6.92 Å². The Morgan fingerprint density at radius 2 is 2.08 bits per heavy atom. The van der Waals surface area contributed by atoms with Crippen LogP contribution in [-0.2, 0) is 9.53 Å². The van der Waals surface area contributed by atoms with Gasteiger partial charge in [0.15, 0.2) is 0 Å². The lowest BCUT2D eigenvalue weighted by Crippen LogP contribution is -2.22. The van der Waals surface area contributed by atoms with Crippen molar-refractivity contribution in [2.75, 3.05) is 7.11 Å². The first kappa shape index (κ1) is 11.6. The number of ether oxygens (including phenoxy) is 1. The SMILES string of the molecule is CCC(SC(F)(F)F)C(=O)OC. The molecule has 6 heteroatoms. The zero-order valence-corrected chi connectivity index (χ0v) is 7.46. The van der Waals surface area contributed by atoms with E-state index < -0.39 is 16.7 Å². The van der Waals surface area contributed by atoms with Gasteiger partial charge in [-0.05, 0) is 18.2 Å². The maximum absolute atomic E-state index is 11.7. The van der Waals surface area contributed by atoms with Crippen molar-refractivity contribution in [3.8, 4) is 0 Å². The van der Waals surface area contributed by atoms with Crippen LogP contribution in [0.5, 0.6) is 0 Å². The lowest BCUT2D eigenvalue weighted by molar-refractivity contribution is -0.140. The van der Waals surface area contributed by atoms with Gasteiger partial charge in [-0.2, -0.15) is 13.2 Å². The van der Waals surface area contributed by atoms with Gasteiger partial charge in [0.1, 0.15) is 5.25 Å². The summed E-state index contributed by atoms with van der Waals surface area (Å²) in [5, 5.41) is -1.14. The molecule has 0 aromatic carbocycles. The normalized spacial score (nSPS) is 14.1. The molecular formula is C6H9F3O2S. The molecule has 0 aliphatic rings. The largest absolute Gasteiger partial charge is 0.468 e. The van der Waals surface area contributed by atoms with Crippen molar-refractivity contribution in [3.63, 3.8) is 0 Å². The first-order valence-corrected chi connectivity index (χ1v) is 4.11. The summed E-state index contributed by atoms with van der Waals surface area (Å²) in [5.74, 6) is -0.833. The maximum atomic E-state index is 11.7. The smallest absolute Gasteiger partial charge is 0.442 e. The Morgan fingerprint density at radius 3 is 2.33 bits per heavy atom. The highest BCUT2D eigenvalue weighted by Gasteiger charge is 2.35. The summed E-state index contributed by atoms with van der Waals surface area (Å²) in [6, 6.07) is 0. The van der Waals surface area contributed by atoms with Crippen molar-refractivity contribution < 1.29 is 22.7 Å². The minimum absolute atomic E-state index is 0.108. The standard InChI is InChI=1S/C6H9F3O2S/c1-3-4(5(10)11-2)12-6(7,8)9/h4H,3H2,1-2H3. The molecule has 0 saturated carbocycles. The third-order valence-electron chi connectivity index (χ3n) is 1.11. The molecule has 0 fully saturated rings. The average molecular weight is 202 g/mol. The van der Waals surface area contributed by atoms with E-state index in [1.54, 1.807) is 0 Å². The highest BCUT2D eigenvalue weighted by molar-refractivity contribution is 8.01. The molecule has 1 atom stereocenters. The maximum Gasteiger partial charge on any atom is 0.442 e. The Labute approximate surface area is 72.5 Å². The van der Waals surface area contributed by atoms with Gasteiger partial charge in [0.2, 0.25) is 0 Å². The van der Waals surface area contributed by atoms with E-state index in [1.807, 2.05) is 0 Å². The van der Waals surface area contributed by atoms with Gasteiger partial charge in [0.25, 0.3) is 0 Å². The predicted molar refractivity (Wildman–Crippen MR) is 39.7 cm³/mol. The summed E-state index contributed by atoms with van der Waals surface area (Å²) < 4.78 is 39.4. The van der Waals surface area contributed by atoms with Crippen molar-refractivity contribution >= 4 is 17.7 Å². The number of hydrogen-bond donors (Lipinski definition) is 0. The fourth-order valence-corrected chi connectivity index (χ4v) is 1.27. The van der Waals surface area contributed by atoms with E-state index >= 15 is 0 Å². The molecule has 0 rings (SSSR count). The summed E-state index contributed by atoms with van der Waals surface area (Å²) in [4.78, 5) is 10.7. The minimum atomic E-state index is -4.38. The minimum Gasteiger partial charge on any atom is -0.468 e. The van der Waals surface area contributed by atoms with Crippen LogP contribution in [0.4, 0.5) is 13.2 Å². The number of alkyl halides is 3. The Balaban J connectivity index is 4.09. The van der Waals surface area contributed by atoms with Crippen molar-refractivity contribution in [1.82, 2.24) is 0 Å². The highest BCUT2D eigenvalue weighted by atomic mass is 32.2. The van der Waals surface area contributed by atoms with Gasteiger partial charge < -0.3 is 4.74 Å². The first-order valence-electron chi connectivity index (χ1n) is 3.23. The zero-order chi connectivity index (χ0) is 9.78. The van der Waals surface area contributed by atoms with Crippen LogP contribution < -0.4 is 0 Å². The highest BCUT2D eigenvalue weighted by Crippen LogP contribution is 2.35. The van der Waals surface area contributed by atoms with E-state index in [2.05, 4.69) is 4.74 Å². The Hall–Kier alpha value is -0.390. The lowest BCUT2D eigenvalue weighted by Gasteiger charge is -2.13. The molecule has 0 spiro atoms. The molecule has 1 unspecified atom stereocenters. The molecule has 2 nitrogen and oxygen atoms in total. The van der Waals surface area contributed by atoms with Crippen LogP contribution in [-0.4, -0.2) is 23.8 Å². The lowest BCUT2D eigenvalue weighted by atomic mass is 10.3. The molecule has 0 saturated heterocycles. The third-order valence-corrected chi connectivity index (χ3v) is 2.19. The summed E-state index contributed by atoms with van der Waals surface area (Å²) in [6.45, 7) is 1.50. The number of esters is 1. The summed E-state index contributed by atoms with van der Waals surface area (Å²) in [6.07, 6.45) is 0.108. The summed E-state index contributed by atoms with van der Waals surface area (Å²) in [5.41, 5.74) is -4.38. The van der Waals surface area contributed by atoms with Crippen LogP contribution in [0.1, 0.15) is 13.3 Å². The molecular weight excluding hydrogens is 193 g/mol. The molecule has 0 aliphatic carbocycles. The molecule has 0 aromatic rings. The zero-order valence-electron chi connectivity index (χ0n) is 6.64. The molecule has 12 heavy (non-hydrogen) atoms. The Kier molecular flexibility index (Phi) is 4.44. The second-order valence-corrected chi connectivity index (χ2v) is 3.25. The van der Waals surface area contributed by atoms with E-state index in [-0.39, 0.29) is 18.2 Å². The average Bonchev–Trinajstić information content (AvgIpc) is 1.97. The number of thioether (sulfide) groups is 1. The van der Waals surface area contributed by atoms with Crippen LogP contribution in [0.25, 0.3) is 0 Å². The van der Waals surface area contributed by atoms with Crippen molar-refractivity contribution in [2.24, 2.45) is 0 Å². The molecule has 0 aromatic heterocycles. The number of halogens is 3. The van der Waals surface area contributed by atoms with Gasteiger partial charge in [0, 0.05) is 0 Å². The predicted octanol–water partition coefficient (Wildman–Crippen LogP) is 2.19. The first-order chi connectivity index (χ1) is 5.40. The second-order valence-electron chi connectivity index (χ2n) is 1.98. The van der Waals surface area contributed by atoms with Crippen LogP contribution in [0.15, 0.2) is 0 Å². The molecule has 0 amide bonds. The second kappa shape index (κ2) is 4.59. The van der Waals surface area contributed by atoms with Crippen LogP contribution in [0.3, 0.4) is 0 Å². The third kappa shape index (κ3) is 4.48. The molecule has 0 radical (unpaired) electrons. The monoisotopic (exact) mass is 202 g/mol. The van der Waals surface area contributed by atoms with E-state index in [0.717, 1.165) is 7.11 Å². The molecule has 0 aliphatic heterocycles. The van der Waals surface area contributed by atoms with Gasteiger partial charge in [-0.25, -0.2) is 0 Å². The van der Waals surface area contributed by atoms with Crippen LogP contribution in [0, 0.1) is 0 Å². The van der Waals surface area contributed by atoms with Crippen LogP contribution >= 0.6 is 11.8 Å². The van der Waals surface area contributed by atoms with Crippen molar-refractivity contribution in [3.05, 3.63) is 0 Å². The molecule has 72 valence electrons. The number of hydrogen-bond acceptors (Lipinski definition) is 3. The number of rotatable bonds is 3. The number of carbonyl (C=O) groups is 1. The molecule has 0 heterocycles. The topological polar surface area (TPSA) is 26.3 Å². The number of methoxy groups -OCH3 is 1. The van der Waals surface area contributed by atoms with E-state index in [4.69, 9.17) is 0 Å². The van der Waals surface area contributed by atoms with E-state index in [0.29, 0.717) is 0 Å². The van der Waals surface area contributed by atoms with Crippen molar-refractivity contribution in [1.29, 1.82) is 0 Å². The fourth-order valence-electron chi connectivity index (χ4n) is 0.591. The van der Waals surface area contributed by atoms with Gasteiger partial charge in [-0.3, -0.25) is 4.79 Å². The van der Waals surface area contributed by atoms with E-state index in [1.165, 1.54) is 6.92 Å². The van der Waals surface area contributed by atoms with Gasteiger partial charge in [0.05, 0.1) is 7.11 Å². The molecule has 0 N–H and O–H groups in total. The Bertz CT molecular complexity index is 157. The van der Waals surface area contributed by atoms with Gasteiger partial charge in [-0.15, -0.1) is 0 Å². The van der Waals surface area contributed by atoms with E-state index in [9.17, 15) is 18.0 Å².